The maximum Gasteiger partial charge on any atom is 0.255 e. The summed E-state index contributed by atoms with van der Waals surface area (Å²) in [6.07, 6.45) is 8.07. The minimum atomic E-state index is -0.00870. The second-order valence-electron chi connectivity index (χ2n) is 7.93. The predicted octanol–water partition coefficient (Wildman–Crippen LogP) is 3.00. The Kier molecular flexibility index (Phi) is 4.84. The molecule has 5 nitrogen and oxygen atoms in total. The van der Waals surface area contributed by atoms with Gasteiger partial charge in [-0.05, 0) is 43.9 Å². The summed E-state index contributed by atoms with van der Waals surface area (Å²) in [6.45, 7) is 3.98. The number of aromatic nitrogens is 1. The predicted molar refractivity (Wildman–Crippen MR) is 113 cm³/mol. The van der Waals surface area contributed by atoms with Gasteiger partial charge in [-0.25, -0.2) is 0 Å². The summed E-state index contributed by atoms with van der Waals surface area (Å²) in [5.74, 6) is 0.00665. The molecule has 1 aromatic heterocycles. The number of hydrogen-bond acceptors (Lipinski definition) is 3. The van der Waals surface area contributed by atoms with Crippen LogP contribution in [-0.4, -0.2) is 41.6 Å². The van der Waals surface area contributed by atoms with Gasteiger partial charge in [0.15, 0.2) is 0 Å². The topological polar surface area (TPSA) is 45.5 Å². The highest BCUT2D eigenvalue weighted by molar-refractivity contribution is 5.98. The van der Waals surface area contributed by atoms with Gasteiger partial charge in [-0.2, -0.15) is 0 Å². The van der Waals surface area contributed by atoms with E-state index in [1.54, 1.807) is 13.2 Å². The van der Waals surface area contributed by atoms with Crippen LogP contribution in [0.1, 0.15) is 39.9 Å². The number of hydrogen-bond donors (Lipinski definition) is 0. The third-order valence-corrected chi connectivity index (χ3v) is 6.09. The van der Waals surface area contributed by atoms with E-state index in [0.717, 1.165) is 37.1 Å². The number of rotatable bonds is 3. The van der Waals surface area contributed by atoms with Gasteiger partial charge in [0, 0.05) is 50.7 Å². The van der Waals surface area contributed by atoms with Crippen molar-refractivity contribution < 1.29 is 4.79 Å². The van der Waals surface area contributed by atoms with Crippen LogP contribution in [0, 0.1) is 6.92 Å². The summed E-state index contributed by atoms with van der Waals surface area (Å²) < 4.78 is 1.53. The van der Waals surface area contributed by atoms with E-state index in [1.807, 2.05) is 24.1 Å². The number of carbonyl (C=O) groups excluding carboxylic acids is 1. The van der Waals surface area contributed by atoms with E-state index in [-0.39, 0.29) is 17.5 Å². The Hall–Kier alpha value is -2.82. The largest absolute Gasteiger partial charge is 0.371 e. The first kappa shape index (κ1) is 18.5. The number of nitrogens with zero attached hydrogens (tertiary/aromatic N) is 3. The Morgan fingerprint density at radius 2 is 1.82 bits per heavy atom. The van der Waals surface area contributed by atoms with Crippen molar-refractivity contribution in [2.75, 3.05) is 25.0 Å². The lowest BCUT2D eigenvalue weighted by atomic mass is 10.00. The van der Waals surface area contributed by atoms with Crippen molar-refractivity contribution in [2.24, 2.45) is 7.05 Å². The molecule has 1 aliphatic heterocycles. The van der Waals surface area contributed by atoms with Crippen LogP contribution in [0.2, 0.25) is 0 Å². The molecule has 146 valence electrons. The summed E-state index contributed by atoms with van der Waals surface area (Å²) in [7, 11) is 3.61. The molecular weight excluding hydrogens is 350 g/mol. The molecule has 1 aliphatic carbocycles. The first-order chi connectivity index (χ1) is 13.5. The number of benzene rings is 1. The van der Waals surface area contributed by atoms with Gasteiger partial charge in [0.1, 0.15) is 0 Å². The average Bonchev–Trinajstić information content (AvgIpc) is 3.20. The van der Waals surface area contributed by atoms with Crippen LogP contribution in [0.3, 0.4) is 0 Å². The molecule has 2 aliphatic rings. The zero-order chi connectivity index (χ0) is 19.8. The fourth-order valence-electron chi connectivity index (χ4n) is 4.29. The lowest BCUT2D eigenvalue weighted by Gasteiger charge is -2.38. The van der Waals surface area contributed by atoms with Gasteiger partial charge in [-0.1, -0.05) is 29.8 Å². The minimum Gasteiger partial charge on any atom is -0.371 e. The van der Waals surface area contributed by atoms with Gasteiger partial charge >= 0.3 is 0 Å². The molecule has 2 aromatic rings. The molecule has 0 radical (unpaired) electrons. The summed E-state index contributed by atoms with van der Waals surface area (Å²) in [4.78, 5) is 29.8. The zero-order valence-corrected chi connectivity index (χ0v) is 16.8. The Bertz CT molecular complexity index is 980. The van der Waals surface area contributed by atoms with Crippen LogP contribution in [0.25, 0.3) is 6.08 Å². The molecule has 1 fully saturated rings. The van der Waals surface area contributed by atoms with E-state index in [9.17, 15) is 9.59 Å². The smallest absolute Gasteiger partial charge is 0.255 e. The molecule has 2 heterocycles. The van der Waals surface area contributed by atoms with Crippen molar-refractivity contribution in [1.82, 2.24) is 9.47 Å². The number of aryl methyl sites for hydroxylation is 2. The molecule has 28 heavy (non-hydrogen) atoms. The van der Waals surface area contributed by atoms with E-state index >= 15 is 0 Å². The molecule has 5 heteroatoms. The van der Waals surface area contributed by atoms with Crippen molar-refractivity contribution >= 4 is 17.7 Å². The molecule has 1 amide bonds. The van der Waals surface area contributed by atoms with E-state index in [1.165, 1.54) is 15.8 Å². The van der Waals surface area contributed by atoms with Crippen LogP contribution >= 0.6 is 0 Å². The number of pyridine rings is 1. The maximum absolute atomic E-state index is 13.2. The fraction of sp³-hybridized carbons (Fsp3) is 0.391. The molecule has 1 aromatic carbocycles. The van der Waals surface area contributed by atoms with Gasteiger partial charge in [0.25, 0.3) is 11.5 Å². The van der Waals surface area contributed by atoms with Crippen molar-refractivity contribution in [2.45, 2.75) is 32.2 Å². The third-order valence-electron chi connectivity index (χ3n) is 6.09. The van der Waals surface area contributed by atoms with Gasteiger partial charge in [-0.3, -0.25) is 9.59 Å². The molecule has 0 bridgehead atoms. The van der Waals surface area contributed by atoms with Gasteiger partial charge in [-0.15, -0.1) is 0 Å². The SMILES string of the molecule is Cc1ccc(N2CCC(N(C)C(=O)c3cn(C)c(=O)c4c3C=CC4)CC2)cc1. The van der Waals surface area contributed by atoms with Crippen molar-refractivity contribution in [3.63, 3.8) is 0 Å². The second kappa shape index (κ2) is 7.30. The number of allylic oxidation sites excluding steroid dienone is 1. The Morgan fingerprint density at radius 3 is 2.50 bits per heavy atom. The highest BCUT2D eigenvalue weighted by atomic mass is 16.2. The van der Waals surface area contributed by atoms with Gasteiger partial charge < -0.3 is 14.4 Å². The Labute approximate surface area is 165 Å². The van der Waals surface area contributed by atoms with Crippen LogP contribution in [0.5, 0.6) is 0 Å². The highest BCUT2D eigenvalue weighted by Gasteiger charge is 2.29. The summed E-state index contributed by atoms with van der Waals surface area (Å²) in [5, 5.41) is 0. The van der Waals surface area contributed by atoms with Gasteiger partial charge in [0.05, 0.1) is 5.56 Å². The van der Waals surface area contributed by atoms with Crippen molar-refractivity contribution in [1.29, 1.82) is 0 Å². The van der Waals surface area contributed by atoms with E-state index < -0.39 is 0 Å². The van der Waals surface area contributed by atoms with Crippen molar-refractivity contribution in [3.8, 4) is 0 Å². The fourth-order valence-corrected chi connectivity index (χ4v) is 4.29. The van der Waals surface area contributed by atoms with Gasteiger partial charge in [0.2, 0.25) is 0 Å². The third kappa shape index (κ3) is 3.26. The highest BCUT2D eigenvalue weighted by Crippen LogP contribution is 2.26. The molecule has 4 rings (SSSR count). The zero-order valence-electron chi connectivity index (χ0n) is 16.8. The van der Waals surface area contributed by atoms with Crippen LogP contribution in [0.4, 0.5) is 5.69 Å². The molecule has 0 atom stereocenters. The number of piperidine rings is 1. The second-order valence-corrected chi connectivity index (χ2v) is 7.93. The standard InChI is InChI=1S/C23H27N3O2/c1-16-7-9-18(10-8-16)26-13-11-17(12-14-26)25(3)23(28)21-15-24(2)22(27)20-6-4-5-19(20)21/h4-5,7-10,15,17H,6,11-14H2,1-3H3. The lowest BCUT2D eigenvalue weighted by molar-refractivity contribution is 0.0708. The number of anilines is 1. The minimum absolute atomic E-state index is 0.00665. The van der Waals surface area contributed by atoms with Crippen LogP contribution in [-0.2, 0) is 13.5 Å². The van der Waals surface area contributed by atoms with E-state index in [0.29, 0.717) is 12.0 Å². The monoisotopic (exact) mass is 377 g/mol. The normalized spacial score (nSPS) is 16.3. The Balaban J connectivity index is 1.48. The molecule has 1 saturated heterocycles. The first-order valence-electron chi connectivity index (χ1n) is 9.93. The quantitative estimate of drug-likeness (QED) is 0.826. The molecule has 0 saturated carbocycles. The van der Waals surface area contributed by atoms with E-state index in [2.05, 4.69) is 36.1 Å². The Morgan fingerprint density at radius 1 is 1.14 bits per heavy atom. The number of fused-ring (bicyclic) bond motifs is 1. The maximum atomic E-state index is 13.2. The number of amides is 1. The van der Waals surface area contributed by atoms with E-state index in [4.69, 9.17) is 0 Å². The average molecular weight is 377 g/mol. The number of carbonyl (C=O) groups is 1. The lowest BCUT2D eigenvalue weighted by Crippen LogP contribution is -2.46. The molecule has 0 unspecified atom stereocenters. The first-order valence-corrected chi connectivity index (χ1v) is 9.93. The van der Waals surface area contributed by atoms with Crippen LogP contribution in [0.15, 0.2) is 41.3 Å². The van der Waals surface area contributed by atoms with Crippen molar-refractivity contribution in [3.05, 3.63) is 69.1 Å². The molecule has 0 spiro atoms. The summed E-state index contributed by atoms with van der Waals surface area (Å²) in [5.41, 5.74) is 4.68. The summed E-state index contributed by atoms with van der Waals surface area (Å²) in [6, 6.07) is 8.85. The molecule has 0 N–H and O–H groups in total. The van der Waals surface area contributed by atoms with Crippen LogP contribution < -0.4 is 10.5 Å². The molecular formula is C23H27N3O2. The summed E-state index contributed by atoms with van der Waals surface area (Å²) >= 11 is 0.